The highest BCUT2D eigenvalue weighted by Crippen LogP contribution is 2.28. The van der Waals surface area contributed by atoms with E-state index in [2.05, 4.69) is 4.98 Å². The Kier molecular flexibility index (Phi) is 4.97. The Hall–Kier alpha value is -3.23. The number of nitrogens with one attached hydrogen (secondary N) is 1. The van der Waals surface area contributed by atoms with E-state index in [4.69, 9.17) is 21.1 Å². The first-order chi connectivity index (χ1) is 12.6. The molecule has 2 aromatic carbocycles. The summed E-state index contributed by atoms with van der Waals surface area (Å²) in [5.74, 6) is 0.756. The minimum absolute atomic E-state index is 0.00400. The molecule has 0 fully saturated rings. The average molecular weight is 367 g/mol. The van der Waals surface area contributed by atoms with Gasteiger partial charge in [-0.2, -0.15) is 5.26 Å². The van der Waals surface area contributed by atoms with Crippen LogP contribution in [-0.2, 0) is 0 Å². The lowest BCUT2D eigenvalue weighted by Gasteiger charge is -2.08. The quantitative estimate of drug-likeness (QED) is 0.406. The zero-order chi connectivity index (χ0) is 18.7. The molecule has 0 bridgehead atoms. The summed E-state index contributed by atoms with van der Waals surface area (Å²) in [4.78, 5) is 15.9. The van der Waals surface area contributed by atoms with E-state index < -0.39 is 0 Å². The Bertz CT molecular complexity index is 1060. The van der Waals surface area contributed by atoms with Crippen molar-refractivity contribution in [3.63, 3.8) is 0 Å². The number of rotatable bonds is 5. The molecule has 3 rings (SSSR count). The maximum Gasteiger partial charge on any atom is 0.205 e. The number of aromatic amines is 1. The van der Waals surface area contributed by atoms with E-state index in [1.807, 2.05) is 6.07 Å². The maximum absolute atomic E-state index is 12.9. The molecule has 1 heterocycles. The molecular weight excluding hydrogens is 352 g/mol. The third-order valence-electron chi connectivity index (χ3n) is 3.99. The summed E-state index contributed by atoms with van der Waals surface area (Å²) in [6.07, 6.45) is 3.09. The molecule has 1 aromatic heterocycles. The van der Waals surface area contributed by atoms with Crippen molar-refractivity contribution >= 4 is 34.4 Å². The number of H-pyrrole nitrogens is 1. The Balaban J connectivity index is 2.04. The molecule has 0 saturated heterocycles. The molecule has 0 aliphatic carbocycles. The van der Waals surface area contributed by atoms with Gasteiger partial charge in [0.15, 0.2) is 0 Å². The van der Waals surface area contributed by atoms with Crippen LogP contribution in [0.25, 0.3) is 17.0 Å². The van der Waals surface area contributed by atoms with Gasteiger partial charge >= 0.3 is 0 Å². The van der Waals surface area contributed by atoms with E-state index in [0.717, 1.165) is 5.52 Å². The normalized spacial score (nSPS) is 11.2. The average Bonchev–Trinajstić information content (AvgIpc) is 3.08. The number of nitriles is 1. The maximum atomic E-state index is 12.9. The Labute approximate surface area is 155 Å². The van der Waals surface area contributed by atoms with Gasteiger partial charge in [-0.25, -0.2) is 0 Å². The molecule has 6 heteroatoms. The number of hydrogen-bond donors (Lipinski definition) is 1. The van der Waals surface area contributed by atoms with E-state index in [9.17, 15) is 10.1 Å². The van der Waals surface area contributed by atoms with Gasteiger partial charge in [0.05, 0.1) is 14.2 Å². The molecule has 1 N–H and O–H groups in total. The van der Waals surface area contributed by atoms with E-state index >= 15 is 0 Å². The first-order valence-corrected chi connectivity index (χ1v) is 8.10. The Morgan fingerprint density at radius 1 is 1.19 bits per heavy atom. The highest BCUT2D eigenvalue weighted by Gasteiger charge is 2.17. The molecular formula is C20H15ClN2O3. The highest BCUT2D eigenvalue weighted by atomic mass is 35.5. The molecule has 0 saturated carbocycles. The fourth-order valence-electron chi connectivity index (χ4n) is 2.67. The second-order valence-corrected chi connectivity index (χ2v) is 5.94. The zero-order valence-corrected chi connectivity index (χ0v) is 14.9. The summed E-state index contributed by atoms with van der Waals surface area (Å²) in [7, 11) is 3.07. The molecule has 0 spiro atoms. The standard InChI is InChI=1S/C20H15ClN2O3/c1-25-15-5-3-12(19(9-15)26-2)7-13(10-22)20(24)17-11-23-18-8-14(21)4-6-16(17)18/h3-9,11,23H,1-2H3/b13-7+. The lowest BCUT2D eigenvalue weighted by Crippen LogP contribution is -2.01. The number of halogens is 1. The molecule has 0 unspecified atom stereocenters. The van der Waals surface area contributed by atoms with Crippen LogP contribution in [0.4, 0.5) is 0 Å². The fraction of sp³-hybridized carbons (Fsp3) is 0.100. The monoisotopic (exact) mass is 366 g/mol. The number of methoxy groups -OCH3 is 2. The summed E-state index contributed by atoms with van der Waals surface area (Å²) in [5.41, 5.74) is 1.77. The predicted molar refractivity (Wildman–Crippen MR) is 101 cm³/mol. The first-order valence-electron chi connectivity index (χ1n) is 7.72. The molecule has 0 radical (unpaired) electrons. The number of carbonyl (C=O) groups excluding carboxylic acids is 1. The van der Waals surface area contributed by atoms with E-state index in [0.29, 0.717) is 33.0 Å². The van der Waals surface area contributed by atoms with Crippen molar-refractivity contribution in [2.45, 2.75) is 0 Å². The smallest absolute Gasteiger partial charge is 0.205 e. The van der Waals surface area contributed by atoms with Crippen molar-refractivity contribution in [1.82, 2.24) is 4.98 Å². The van der Waals surface area contributed by atoms with Gasteiger partial charge in [-0.15, -0.1) is 0 Å². The Morgan fingerprint density at radius 3 is 2.69 bits per heavy atom. The van der Waals surface area contributed by atoms with Gasteiger partial charge in [-0.05, 0) is 30.3 Å². The second-order valence-electron chi connectivity index (χ2n) is 5.50. The SMILES string of the molecule is COc1ccc(/C=C(\C#N)C(=O)c2c[nH]c3cc(Cl)ccc23)c(OC)c1. The number of ketones is 1. The second kappa shape index (κ2) is 7.34. The van der Waals surface area contributed by atoms with Crippen LogP contribution in [0.5, 0.6) is 11.5 Å². The summed E-state index contributed by atoms with van der Waals surface area (Å²) < 4.78 is 10.5. The number of ether oxygens (including phenoxy) is 2. The van der Waals surface area contributed by atoms with Crippen molar-refractivity contribution in [2.24, 2.45) is 0 Å². The van der Waals surface area contributed by atoms with Crippen LogP contribution < -0.4 is 9.47 Å². The van der Waals surface area contributed by atoms with Crippen molar-refractivity contribution in [2.75, 3.05) is 14.2 Å². The summed E-state index contributed by atoms with van der Waals surface area (Å²) >= 11 is 5.97. The van der Waals surface area contributed by atoms with Crippen LogP contribution in [0.15, 0.2) is 48.2 Å². The van der Waals surface area contributed by atoms with Crippen LogP contribution in [0.3, 0.4) is 0 Å². The van der Waals surface area contributed by atoms with E-state index in [1.165, 1.54) is 13.2 Å². The van der Waals surface area contributed by atoms with E-state index in [1.54, 1.807) is 49.7 Å². The van der Waals surface area contributed by atoms with Crippen molar-refractivity contribution < 1.29 is 14.3 Å². The molecule has 0 aliphatic heterocycles. The van der Waals surface area contributed by atoms with Gasteiger partial charge in [0.2, 0.25) is 5.78 Å². The topological polar surface area (TPSA) is 75.1 Å². The third kappa shape index (κ3) is 3.28. The van der Waals surface area contributed by atoms with Gasteiger partial charge in [0.25, 0.3) is 0 Å². The zero-order valence-electron chi connectivity index (χ0n) is 14.2. The van der Waals surface area contributed by atoms with Gasteiger partial charge in [0.1, 0.15) is 23.1 Å². The number of Topliss-reactive ketones (excluding diaryl/α,β-unsaturated/α-hetero) is 1. The van der Waals surface area contributed by atoms with Crippen molar-refractivity contribution in [3.05, 3.63) is 64.3 Å². The number of aromatic nitrogens is 1. The summed E-state index contributed by atoms with van der Waals surface area (Å²) in [5, 5.41) is 10.8. The largest absolute Gasteiger partial charge is 0.497 e. The van der Waals surface area contributed by atoms with Gasteiger partial charge in [-0.3, -0.25) is 4.79 Å². The summed E-state index contributed by atoms with van der Waals surface area (Å²) in [6, 6.07) is 12.3. The van der Waals surface area contributed by atoms with Crippen LogP contribution in [0.1, 0.15) is 15.9 Å². The number of allylic oxidation sites excluding steroid dienone is 1. The number of carbonyl (C=O) groups is 1. The molecule has 0 aliphatic rings. The highest BCUT2D eigenvalue weighted by molar-refractivity contribution is 6.31. The van der Waals surface area contributed by atoms with Gasteiger partial charge in [-0.1, -0.05) is 17.7 Å². The van der Waals surface area contributed by atoms with Gasteiger partial charge in [0, 0.05) is 39.3 Å². The minimum atomic E-state index is -0.376. The van der Waals surface area contributed by atoms with Crippen molar-refractivity contribution in [1.29, 1.82) is 5.26 Å². The fourth-order valence-corrected chi connectivity index (χ4v) is 2.85. The molecule has 5 nitrogen and oxygen atoms in total. The van der Waals surface area contributed by atoms with Crippen LogP contribution >= 0.6 is 11.6 Å². The van der Waals surface area contributed by atoms with Crippen LogP contribution in [0.2, 0.25) is 5.02 Å². The number of fused-ring (bicyclic) bond motifs is 1. The third-order valence-corrected chi connectivity index (χ3v) is 4.23. The molecule has 0 amide bonds. The lowest BCUT2D eigenvalue weighted by molar-refractivity contribution is 0.104. The predicted octanol–water partition coefficient (Wildman–Crippen LogP) is 4.63. The molecule has 26 heavy (non-hydrogen) atoms. The molecule has 0 atom stereocenters. The number of nitrogens with zero attached hydrogens (tertiary/aromatic N) is 1. The van der Waals surface area contributed by atoms with Gasteiger partial charge < -0.3 is 14.5 Å². The first kappa shape index (κ1) is 17.6. The lowest BCUT2D eigenvalue weighted by atomic mass is 10.0. The van der Waals surface area contributed by atoms with Crippen LogP contribution in [-0.4, -0.2) is 25.0 Å². The molecule has 130 valence electrons. The van der Waals surface area contributed by atoms with E-state index in [-0.39, 0.29) is 11.4 Å². The number of benzene rings is 2. The summed E-state index contributed by atoms with van der Waals surface area (Å²) in [6.45, 7) is 0. The molecule has 3 aromatic rings. The Morgan fingerprint density at radius 2 is 2.00 bits per heavy atom. The van der Waals surface area contributed by atoms with Crippen molar-refractivity contribution in [3.8, 4) is 17.6 Å². The van der Waals surface area contributed by atoms with Crippen LogP contribution in [0, 0.1) is 11.3 Å². The number of hydrogen-bond acceptors (Lipinski definition) is 4. The minimum Gasteiger partial charge on any atom is -0.497 e.